The largest absolute Gasteiger partial charge is 0.314 e. The van der Waals surface area contributed by atoms with Crippen molar-refractivity contribution in [3.05, 3.63) is 59.7 Å². The Hall–Kier alpha value is -2.62. The molecule has 0 radical (unpaired) electrons. The molecule has 0 saturated carbocycles. The van der Waals surface area contributed by atoms with E-state index in [9.17, 15) is 9.59 Å². The molecule has 2 aromatic carbocycles. The molecule has 0 fully saturated rings. The van der Waals surface area contributed by atoms with E-state index in [1.54, 1.807) is 9.80 Å². The summed E-state index contributed by atoms with van der Waals surface area (Å²) in [6, 6.07) is 15.8. The normalized spacial score (nSPS) is 27.1. The number of nitrogens with zero attached hydrogens (tertiary/aromatic N) is 2. The van der Waals surface area contributed by atoms with Crippen LogP contribution >= 0.6 is 0 Å². The van der Waals surface area contributed by atoms with Crippen LogP contribution in [0.4, 0.5) is 11.4 Å². The van der Waals surface area contributed by atoms with Crippen molar-refractivity contribution in [1.82, 2.24) is 0 Å². The minimum Gasteiger partial charge on any atom is -0.314 e. The van der Waals surface area contributed by atoms with Crippen LogP contribution in [0.15, 0.2) is 48.5 Å². The number of carbonyl (C=O) groups is 2. The molecule has 2 aliphatic rings. The zero-order chi connectivity index (χ0) is 18.7. The van der Waals surface area contributed by atoms with Crippen molar-refractivity contribution in [2.75, 3.05) is 23.9 Å². The monoisotopic (exact) mass is 348 g/mol. The van der Waals surface area contributed by atoms with Crippen LogP contribution in [0.5, 0.6) is 0 Å². The van der Waals surface area contributed by atoms with Crippen molar-refractivity contribution < 1.29 is 9.59 Å². The third-order valence-electron chi connectivity index (χ3n) is 6.58. The zero-order valence-electron chi connectivity index (χ0n) is 15.7. The molecule has 4 nitrogen and oxygen atoms in total. The van der Waals surface area contributed by atoms with E-state index >= 15 is 0 Å². The summed E-state index contributed by atoms with van der Waals surface area (Å²) in [5.41, 5.74) is 1.99. The van der Waals surface area contributed by atoms with Crippen LogP contribution in [-0.2, 0) is 20.4 Å². The van der Waals surface area contributed by atoms with Gasteiger partial charge in [0.25, 0.3) is 0 Å². The fraction of sp³-hybridized carbons (Fsp3) is 0.364. The van der Waals surface area contributed by atoms with Gasteiger partial charge in [-0.2, -0.15) is 0 Å². The van der Waals surface area contributed by atoms with E-state index in [2.05, 4.69) is 0 Å². The van der Waals surface area contributed by atoms with Gasteiger partial charge in [-0.1, -0.05) is 50.2 Å². The minimum absolute atomic E-state index is 0.0153. The van der Waals surface area contributed by atoms with Gasteiger partial charge >= 0.3 is 0 Å². The SMILES string of the molecule is CC[C@]1([C@]2(CC)C(=O)N(C)c3ccccc32)C(=O)N(C)c2ccccc21. The molecule has 134 valence electrons. The number of hydrogen-bond acceptors (Lipinski definition) is 2. The quantitative estimate of drug-likeness (QED) is 0.850. The molecule has 2 amide bonds. The first kappa shape index (κ1) is 16.8. The predicted octanol–water partition coefficient (Wildman–Crippen LogP) is 3.64. The molecule has 2 aromatic rings. The van der Waals surface area contributed by atoms with Gasteiger partial charge in [-0.3, -0.25) is 9.59 Å². The first-order valence-electron chi connectivity index (χ1n) is 9.22. The molecule has 2 aliphatic heterocycles. The van der Waals surface area contributed by atoms with Gasteiger partial charge in [0.05, 0.1) is 10.8 Å². The molecule has 0 bridgehead atoms. The topological polar surface area (TPSA) is 40.6 Å². The van der Waals surface area contributed by atoms with Crippen LogP contribution in [0, 0.1) is 0 Å². The number of fused-ring (bicyclic) bond motifs is 2. The second-order valence-electron chi connectivity index (χ2n) is 7.28. The van der Waals surface area contributed by atoms with Gasteiger partial charge in [0.1, 0.15) is 0 Å². The third-order valence-corrected chi connectivity index (χ3v) is 6.58. The van der Waals surface area contributed by atoms with Crippen LogP contribution < -0.4 is 9.80 Å². The Labute approximate surface area is 154 Å². The fourth-order valence-electron chi connectivity index (χ4n) is 5.39. The maximum absolute atomic E-state index is 13.7. The average Bonchev–Trinajstić information content (AvgIpc) is 3.04. The molecule has 26 heavy (non-hydrogen) atoms. The van der Waals surface area contributed by atoms with E-state index in [0.717, 1.165) is 22.5 Å². The number of para-hydroxylation sites is 2. The maximum Gasteiger partial charge on any atom is 0.238 e. The molecule has 2 atom stereocenters. The minimum atomic E-state index is -0.884. The Kier molecular flexibility index (Phi) is 3.52. The van der Waals surface area contributed by atoms with Crippen molar-refractivity contribution in [1.29, 1.82) is 0 Å². The Balaban J connectivity index is 2.12. The lowest BCUT2D eigenvalue weighted by Gasteiger charge is -2.43. The maximum atomic E-state index is 13.7. The molecular weight excluding hydrogens is 324 g/mol. The number of anilines is 2. The second kappa shape index (κ2) is 5.44. The van der Waals surface area contributed by atoms with Crippen LogP contribution in [0.1, 0.15) is 37.8 Å². The highest BCUT2D eigenvalue weighted by atomic mass is 16.2. The van der Waals surface area contributed by atoms with Gasteiger partial charge in [-0.05, 0) is 36.1 Å². The van der Waals surface area contributed by atoms with Crippen LogP contribution in [0.2, 0.25) is 0 Å². The molecule has 0 aliphatic carbocycles. The molecule has 0 saturated heterocycles. The summed E-state index contributed by atoms with van der Waals surface area (Å²) in [7, 11) is 3.63. The van der Waals surface area contributed by atoms with Crippen molar-refractivity contribution in [3.63, 3.8) is 0 Å². The Morgan fingerprint density at radius 3 is 1.38 bits per heavy atom. The van der Waals surface area contributed by atoms with Crippen molar-refractivity contribution in [2.24, 2.45) is 0 Å². The van der Waals surface area contributed by atoms with E-state index in [4.69, 9.17) is 0 Å². The summed E-state index contributed by atoms with van der Waals surface area (Å²) in [6.45, 7) is 4.05. The first-order chi connectivity index (χ1) is 12.5. The van der Waals surface area contributed by atoms with Crippen molar-refractivity contribution >= 4 is 23.2 Å². The van der Waals surface area contributed by atoms with Crippen LogP contribution in [-0.4, -0.2) is 25.9 Å². The lowest BCUT2D eigenvalue weighted by molar-refractivity contribution is -0.135. The predicted molar refractivity (Wildman–Crippen MR) is 104 cm³/mol. The second-order valence-corrected chi connectivity index (χ2v) is 7.28. The summed E-state index contributed by atoms with van der Waals surface area (Å²) >= 11 is 0. The standard InChI is InChI=1S/C22H24N2O2/c1-5-21(15-11-7-9-13-17(15)23(3)19(21)25)22(6-2)16-12-8-10-14-18(16)24(4)20(22)26/h7-14H,5-6H2,1-4H3/t21-,22+. The van der Waals surface area contributed by atoms with Gasteiger partial charge in [0.2, 0.25) is 11.8 Å². The fourth-order valence-corrected chi connectivity index (χ4v) is 5.39. The molecule has 0 N–H and O–H groups in total. The summed E-state index contributed by atoms with van der Waals surface area (Å²) in [5, 5.41) is 0. The van der Waals surface area contributed by atoms with E-state index in [1.807, 2.05) is 76.5 Å². The van der Waals surface area contributed by atoms with Crippen LogP contribution in [0.3, 0.4) is 0 Å². The van der Waals surface area contributed by atoms with Gasteiger partial charge in [0.15, 0.2) is 0 Å². The number of likely N-dealkylation sites (N-methyl/N-ethyl adjacent to an activating group) is 2. The highest BCUT2D eigenvalue weighted by molar-refractivity contribution is 6.18. The summed E-state index contributed by atoms with van der Waals surface area (Å²) < 4.78 is 0. The van der Waals surface area contributed by atoms with Gasteiger partial charge in [0, 0.05) is 25.5 Å². The van der Waals surface area contributed by atoms with E-state index in [1.165, 1.54) is 0 Å². The third kappa shape index (κ3) is 1.61. The van der Waals surface area contributed by atoms with Gasteiger partial charge < -0.3 is 9.80 Å². The van der Waals surface area contributed by atoms with Crippen molar-refractivity contribution in [2.45, 2.75) is 37.5 Å². The van der Waals surface area contributed by atoms with E-state index < -0.39 is 10.8 Å². The zero-order valence-corrected chi connectivity index (χ0v) is 15.7. The first-order valence-corrected chi connectivity index (χ1v) is 9.22. The molecule has 0 aromatic heterocycles. The van der Waals surface area contributed by atoms with Crippen LogP contribution in [0.25, 0.3) is 0 Å². The number of amides is 2. The van der Waals surface area contributed by atoms with Gasteiger partial charge in [-0.25, -0.2) is 0 Å². The highest BCUT2D eigenvalue weighted by Gasteiger charge is 2.68. The Morgan fingerprint density at radius 1 is 0.692 bits per heavy atom. The smallest absolute Gasteiger partial charge is 0.238 e. The average molecular weight is 348 g/mol. The lowest BCUT2D eigenvalue weighted by Crippen LogP contribution is -2.58. The number of benzene rings is 2. The number of carbonyl (C=O) groups excluding carboxylic acids is 2. The number of hydrogen-bond donors (Lipinski definition) is 0. The molecular formula is C22H24N2O2. The Morgan fingerprint density at radius 2 is 1.04 bits per heavy atom. The molecule has 2 heterocycles. The van der Waals surface area contributed by atoms with E-state index in [-0.39, 0.29) is 11.8 Å². The summed E-state index contributed by atoms with van der Waals surface area (Å²) in [6.07, 6.45) is 1.16. The lowest BCUT2D eigenvalue weighted by atomic mass is 9.55. The van der Waals surface area contributed by atoms with Crippen molar-refractivity contribution in [3.8, 4) is 0 Å². The number of rotatable bonds is 3. The molecule has 4 rings (SSSR count). The molecule has 0 spiro atoms. The van der Waals surface area contributed by atoms with Gasteiger partial charge in [-0.15, -0.1) is 0 Å². The summed E-state index contributed by atoms with van der Waals surface area (Å²) in [4.78, 5) is 30.8. The molecule has 4 heteroatoms. The summed E-state index contributed by atoms with van der Waals surface area (Å²) in [5.74, 6) is 0.0306. The molecule has 0 unspecified atom stereocenters. The Bertz CT molecular complexity index is 846. The highest BCUT2D eigenvalue weighted by Crippen LogP contribution is 2.60. The van der Waals surface area contributed by atoms with E-state index in [0.29, 0.717) is 12.8 Å².